The molecule has 0 unspecified atom stereocenters. The normalized spacial score (nSPS) is 12.9. The summed E-state index contributed by atoms with van der Waals surface area (Å²) in [5, 5.41) is 0. The molecule has 0 radical (unpaired) electrons. The monoisotopic (exact) mass is 305 g/mol. The van der Waals surface area contributed by atoms with Crippen molar-refractivity contribution in [2.24, 2.45) is 11.1 Å². The Hall–Kier alpha value is 0.0569. The highest BCUT2D eigenvalue weighted by molar-refractivity contribution is 6.60. The van der Waals surface area contributed by atoms with E-state index in [1.807, 2.05) is 13.8 Å². The van der Waals surface area contributed by atoms with Gasteiger partial charge in [-0.2, -0.15) is 0 Å². The van der Waals surface area contributed by atoms with Crippen molar-refractivity contribution < 1.29 is 13.3 Å². The summed E-state index contributed by atoms with van der Waals surface area (Å²) >= 11 is 0. The van der Waals surface area contributed by atoms with Crippen molar-refractivity contribution >= 4 is 8.80 Å². The Morgan fingerprint density at radius 2 is 1.35 bits per heavy atom. The van der Waals surface area contributed by atoms with Gasteiger partial charge in [0.05, 0.1) is 0 Å². The molecule has 0 rings (SSSR count). The fourth-order valence-corrected chi connectivity index (χ4v) is 5.15. The molecule has 4 nitrogen and oxygen atoms in total. The molecule has 0 aliphatic rings. The van der Waals surface area contributed by atoms with E-state index in [4.69, 9.17) is 19.0 Å². The molecule has 20 heavy (non-hydrogen) atoms. The van der Waals surface area contributed by atoms with E-state index in [1.54, 1.807) is 0 Å². The van der Waals surface area contributed by atoms with Crippen molar-refractivity contribution in [3.05, 3.63) is 0 Å². The van der Waals surface area contributed by atoms with E-state index < -0.39 is 8.80 Å². The van der Waals surface area contributed by atoms with E-state index in [2.05, 4.69) is 20.8 Å². The molecular weight excluding hydrogens is 270 g/mol. The standard InChI is InChI=1S/C15H35NO3Si/c1-6-15(7-2,8-3)14-19-20(17-9-4,18-10-5)13-11-12-16/h6-14,16H2,1-5H3. The van der Waals surface area contributed by atoms with Crippen LogP contribution in [0.1, 0.15) is 60.3 Å². The van der Waals surface area contributed by atoms with Crippen LogP contribution in [0.4, 0.5) is 0 Å². The highest BCUT2D eigenvalue weighted by Crippen LogP contribution is 2.32. The third-order valence-electron chi connectivity index (χ3n) is 4.26. The number of rotatable bonds is 13. The molecule has 0 aromatic carbocycles. The molecule has 0 aliphatic carbocycles. The van der Waals surface area contributed by atoms with Crippen LogP contribution < -0.4 is 5.73 Å². The lowest BCUT2D eigenvalue weighted by atomic mass is 9.81. The molecule has 2 N–H and O–H groups in total. The van der Waals surface area contributed by atoms with Crippen LogP contribution in [0.3, 0.4) is 0 Å². The van der Waals surface area contributed by atoms with Crippen molar-refractivity contribution in [1.29, 1.82) is 0 Å². The molecule has 0 atom stereocenters. The molecule has 0 aromatic heterocycles. The quantitative estimate of drug-likeness (QED) is 0.528. The van der Waals surface area contributed by atoms with Crippen LogP contribution in [0.15, 0.2) is 0 Å². The maximum atomic E-state index is 6.29. The van der Waals surface area contributed by atoms with Gasteiger partial charge in [-0.3, -0.25) is 0 Å². The predicted molar refractivity (Wildman–Crippen MR) is 86.7 cm³/mol. The average Bonchev–Trinajstić information content (AvgIpc) is 2.48. The van der Waals surface area contributed by atoms with Gasteiger partial charge in [0, 0.05) is 25.9 Å². The second-order valence-electron chi connectivity index (χ2n) is 5.29. The molecule has 0 aromatic rings. The second kappa shape index (κ2) is 10.7. The highest BCUT2D eigenvalue weighted by Gasteiger charge is 2.42. The van der Waals surface area contributed by atoms with E-state index in [1.165, 1.54) is 0 Å². The summed E-state index contributed by atoms with van der Waals surface area (Å²) in [6.45, 7) is 13.4. The van der Waals surface area contributed by atoms with Gasteiger partial charge in [0.15, 0.2) is 0 Å². The smallest absolute Gasteiger partial charge is 0.374 e. The van der Waals surface area contributed by atoms with E-state index in [0.29, 0.717) is 19.8 Å². The maximum Gasteiger partial charge on any atom is 0.501 e. The minimum absolute atomic E-state index is 0.245. The van der Waals surface area contributed by atoms with Gasteiger partial charge in [-0.25, -0.2) is 0 Å². The van der Waals surface area contributed by atoms with Gasteiger partial charge in [-0.15, -0.1) is 0 Å². The molecule has 0 spiro atoms. The summed E-state index contributed by atoms with van der Waals surface area (Å²) in [6.07, 6.45) is 4.27. The lowest BCUT2D eigenvalue weighted by Gasteiger charge is -2.36. The molecule has 0 amide bonds. The summed E-state index contributed by atoms with van der Waals surface area (Å²) in [7, 11) is -2.56. The Morgan fingerprint density at radius 3 is 1.70 bits per heavy atom. The van der Waals surface area contributed by atoms with E-state index in [-0.39, 0.29) is 5.41 Å². The van der Waals surface area contributed by atoms with E-state index in [9.17, 15) is 0 Å². The Labute approximate surface area is 126 Å². The van der Waals surface area contributed by atoms with Crippen molar-refractivity contribution in [1.82, 2.24) is 0 Å². The first-order valence-electron chi connectivity index (χ1n) is 8.19. The fourth-order valence-electron chi connectivity index (χ4n) is 2.42. The minimum Gasteiger partial charge on any atom is -0.374 e. The Kier molecular flexibility index (Phi) is 10.8. The average molecular weight is 306 g/mol. The van der Waals surface area contributed by atoms with Crippen molar-refractivity contribution in [2.75, 3.05) is 26.4 Å². The van der Waals surface area contributed by atoms with E-state index >= 15 is 0 Å². The summed E-state index contributed by atoms with van der Waals surface area (Å²) in [4.78, 5) is 0. The lowest BCUT2D eigenvalue weighted by Crippen LogP contribution is -2.48. The molecule has 0 fully saturated rings. The van der Waals surface area contributed by atoms with Gasteiger partial charge in [0.25, 0.3) is 0 Å². The SMILES string of the molecule is CCO[Si](CCCN)(OCC)OCC(CC)(CC)CC. The topological polar surface area (TPSA) is 53.7 Å². The molecule has 0 saturated carbocycles. The van der Waals surface area contributed by atoms with Crippen LogP contribution in [0, 0.1) is 5.41 Å². The zero-order valence-corrected chi connectivity index (χ0v) is 15.2. The third-order valence-corrected chi connectivity index (χ3v) is 7.27. The minimum atomic E-state index is -2.56. The highest BCUT2D eigenvalue weighted by atomic mass is 28.4. The largest absolute Gasteiger partial charge is 0.501 e. The van der Waals surface area contributed by atoms with E-state index in [0.717, 1.165) is 38.3 Å². The first kappa shape index (κ1) is 20.1. The molecule has 122 valence electrons. The second-order valence-corrected chi connectivity index (χ2v) is 8.02. The van der Waals surface area contributed by atoms with Gasteiger partial charge in [0.1, 0.15) is 0 Å². The molecule has 0 heterocycles. The summed E-state index contributed by atoms with van der Waals surface area (Å²) in [5.41, 5.74) is 5.89. The summed E-state index contributed by atoms with van der Waals surface area (Å²) in [6, 6.07) is 0.818. The van der Waals surface area contributed by atoms with Crippen LogP contribution >= 0.6 is 0 Å². The predicted octanol–water partition coefficient (Wildman–Crippen LogP) is 3.58. The number of hydrogen-bond acceptors (Lipinski definition) is 4. The van der Waals surface area contributed by atoms with Gasteiger partial charge >= 0.3 is 8.80 Å². The first-order chi connectivity index (χ1) is 9.57. The first-order valence-corrected chi connectivity index (χ1v) is 10.1. The Balaban J connectivity index is 4.83. The van der Waals surface area contributed by atoms with Gasteiger partial charge < -0.3 is 19.0 Å². The van der Waals surface area contributed by atoms with Crippen LogP contribution in [-0.4, -0.2) is 35.2 Å². The van der Waals surface area contributed by atoms with Crippen LogP contribution in [0.25, 0.3) is 0 Å². The van der Waals surface area contributed by atoms with Crippen molar-refractivity contribution in [3.8, 4) is 0 Å². The summed E-state index contributed by atoms with van der Waals surface area (Å²) < 4.78 is 18.2. The van der Waals surface area contributed by atoms with Crippen LogP contribution in [0.2, 0.25) is 6.04 Å². The Morgan fingerprint density at radius 1 is 0.850 bits per heavy atom. The molecule has 0 bridgehead atoms. The fraction of sp³-hybridized carbons (Fsp3) is 1.00. The van der Waals surface area contributed by atoms with Crippen molar-refractivity contribution in [2.45, 2.75) is 66.3 Å². The van der Waals surface area contributed by atoms with Gasteiger partial charge in [-0.1, -0.05) is 20.8 Å². The molecule has 0 aliphatic heterocycles. The summed E-state index contributed by atoms with van der Waals surface area (Å²) in [5.74, 6) is 0. The zero-order valence-electron chi connectivity index (χ0n) is 14.2. The number of nitrogens with two attached hydrogens (primary N) is 1. The number of hydrogen-bond donors (Lipinski definition) is 1. The van der Waals surface area contributed by atoms with Crippen molar-refractivity contribution in [3.63, 3.8) is 0 Å². The zero-order chi connectivity index (χ0) is 15.5. The third kappa shape index (κ3) is 6.22. The van der Waals surface area contributed by atoms with Crippen LogP contribution in [0.5, 0.6) is 0 Å². The molecule has 5 heteroatoms. The Bertz CT molecular complexity index is 221. The van der Waals surface area contributed by atoms with Gasteiger partial charge in [0.2, 0.25) is 0 Å². The maximum absolute atomic E-state index is 6.29. The van der Waals surface area contributed by atoms with Crippen LogP contribution in [-0.2, 0) is 13.3 Å². The molecule has 0 saturated heterocycles. The van der Waals surface area contributed by atoms with Gasteiger partial charge in [-0.05, 0) is 51.5 Å². The molecular formula is C15H35NO3Si. The lowest BCUT2D eigenvalue weighted by molar-refractivity contribution is 0.0237.